The third kappa shape index (κ3) is 2.68. The van der Waals surface area contributed by atoms with Crippen LogP contribution in [0.15, 0.2) is 54.7 Å². The first-order valence-corrected chi connectivity index (χ1v) is 10.2. The second kappa shape index (κ2) is 7.10. The summed E-state index contributed by atoms with van der Waals surface area (Å²) in [6.45, 7) is 1.98. The number of nitrogens with zero attached hydrogens (tertiary/aromatic N) is 3. The Morgan fingerprint density at radius 3 is 2.48 bits per heavy atom. The maximum Gasteiger partial charge on any atom is 0.338 e. The summed E-state index contributed by atoms with van der Waals surface area (Å²) in [5.74, 6) is -2.56. The van der Waals surface area contributed by atoms with Crippen LogP contribution in [0.5, 0.6) is 0 Å². The first kappa shape index (κ1) is 19.1. The largest absolute Gasteiger partial charge is 0.462 e. The highest BCUT2D eigenvalue weighted by Gasteiger charge is 2.63. The summed E-state index contributed by atoms with van der Waals surface area (Å²) in [6, 6.07) is 15.1. The Labute approximate surface area is 179 Å². The third-order valence-corrected chi connectivity index (χ3v) is 6.23. The molecule has 7 heteroatoms. The minimum Gasteiger partial charge on any atom is -0.462 e. The molecule has 2 saturated heterocycles. The lowest BCUT2D eigenvalue weighted by Gasteiger charge is -2.33. The van der Waals surface area contributed by atoms with E-state index in [-0.39, 0.29) is 24.5 Å². The number of anilines is 1. The maximum absolute atomic E-state index is 13.5. The van der Waals surface area contributed by atoms with Gasteiger partial charge in [-0.15, -0.1) is 0 Å². The van der Waals surface area contributed by atoms with Crippen LogP contribution in [0.25, 0.3) is 6.08 Å². The molecular formula is C24H19N3O4. The number of rotatable bonds is 3. The zero-order valence-corrected chi connectivity index (χ0v) is 16.8. The molecule has 2 amide bonds. The highest BCUT2D eigenvalue weighted by Crippen LogP contribution is 2.52. The summed E-state index contributed by atoms with van der Waals surface area (Å²) < 4.78 is 4.98. The molecule has 7 nitrogen and oxygen atoms in total. The van der Waals surface area contributed by atoms with E-state index < -0.39 is 23.8 Å². The molecule has 5 rings (SSSR count). The molecule has 0 aliphatic carbocycles. The molecule has 0 N–H and O–H groups in total. The zero-order valence-electron chi connectivity index (χ0n) is 16.8. The first-order valence-electron chi connectivity index (χ1n) is 10.2. The van der Waals surface area contributed by atoms with E-state index in [9.17, 15) is 19.6 Å². The standard InChI is InChI=1S/C24H19N3O4/c1-2-31-24(30)15-7-9-16(10-8-15)27-22(28)19-18(13-25)26-12-11-14-5-3-4-6-17(14)21(26)20(19)23(27)29/h3-12,18-21H,2H2,1H3/t18-,19-,20-,21-/m0/s1. The van der Waals surface area contributed by atoms with Crippen molar-refractivity contribution in [3.63, 3.8) is 0 Å². The smallest absolute Gasteiger partial charge is 0.338 e. The quantitative estimate of drug-likeness (QED) is 0.568. The van der Waals surface area contributed by atoms with E-state index in [1.807, 2.05) is 41.4 Å². The van der Waals surface area contributed by atoms with Crippen molar-refractivity contribution in [2.75, 3.05) is 11.5 Å². The number of benzene rings is 2. The van der Waals surface area contributed by atoms with E-state index in [4.69, 9.17) is 4.74 Å². The molecule has 0 unspecified atom stereocenters. The fourth-order valence-electron chi connectivity index (χ4n) is 4.92. The lowest BCUT2D eigenvalue weighted by molar-refractivity contribution is -0.123. The second-order valence-electron chi connectivity index (χ2n) is 7.74. The molecule has 0 radical (unpaired) electrons. The Kier molecular flexibility index (Phi) is 4.36. The predicted octanol–water partition coefficient (Wildman–Crippen LogP) is 2.90. The van der Waals surface area contributed by atoms with E-state index in [2.05, 4.69) is 6.07 Å². The maximum atomic E-state index is 13.5. The Balaban J connectivity index is 1.52. The van der Waals surface area contributed by atoms with Crippen molar-refractivity contribution in [3.05, 3.63) is 71.4 Å². The van der Waals surface area contributed by atoms with E-state index >= 15 is 0 Å². The van der Waals surface area contributed by atoms with Gasteiger partial charge in [0.1, 0.15) is 6.04 Å². The van der Waals surface area contributed by atoms with Crippen LogP contribution in [0.1, 0.15) is 34.5 Å². The van der Waals surface area contributed by atoms with Gasteiger partial charge in [-0.3, -0.25) is 9.59 Å². The average molecular weight is 413 g/mol. The first-order chi connectivity index (χ1) is 15.1. The highest BCUT2D eigenvalue weighted by molar-refractivity contribution is 6.23. The summed E-state index contributed by atoms with van der Waals surface area (Å²) in [5.41, 5.74) is 2.66. The van der Waals surface area contributed by atoms with Crippen LogP contribution in [0.4, 0.5) is 5.69 Å². The van der Waals surface area contributed by atoms with E-state index in [1.165, 1.54) is 12.1 Å². The van der Waals surface area contributed by atoms with Crippen LogP contribution >= 0.6 is 0 Å². The van der Waals surface area contributed by atoms with Crippen molar-refractivity contribution < 1.29 is 19.1 Å². The number of carbonyl (C=O) groups is 3. The van der Waals surface area contributed by atoms with Crippen molar-refractivity contribution in [2.24, 2.45) is 11.8 Å². The van der Waals surface area contributed by atoms with Gasteiger partial charge >= 0.3 is 5.97 Å². The summed E-state index contributed by atoms with van der Waals surface area (Å²) >= 11 is 0. The molecule has 0 spiro atoms. The molecule has 3 heterocycles. The summed E-state index contributed by atoms with van der Waals surface area (Å²) in [5, 5.41) is 9.85. The van der Waals surface area contributed by atoms with Gasteiger partial charge in [0.2, 0.25) is 11.8 Å². The number of amides is 2. The zero-order chi connectivity index (χ0) is 21.7. The van der Waals surface area contributed by atoms with Crippen LogP contribution in [-0.2, 0) is 14.3 Å². The summed E-state index contributed by atoms with van der Waals surface area (Å²) in [4.78, 5) is 41.8. The second-order valence-corrected chi connectivity index (χ2v) is 7.74. The van der Waals surface area contributed by atoms with Crippen LogP contribution in [0, 0.1) is 23.2 Å². The van der Waals surface area contributed by atoms with Crippen LogP contribution in [-0.4, -0.2) is 35.3 Å². The predicted molar refractivity (Wildman–Crippen MR) is 111 cm³/mol. The van der Waals surface area contributed by atoms with Crippen LogP contribution in [0.3, 0.4) is 0 Å². The molecular weight excluding hydrogens is 394 g/mol. The van der Waals surface area contributed by atoms with Crippen molar-refractivity contribution in [1.82, 2.24) is 4.90 Å². The number of imide groups is 1. The van der Waals surface area contributed by atoms with E-state index in [0.717, 1.165) is 16.0 Å². The Morgan fingerprint density at radius 2 is 1.77 bits per heavy atom. The minimum atomic E-state index is -0.747. The van der Waals surface area contributed by atoms with E-state index in [1.54, 1.807) is 19.1 Å². The van der Waals surface area contributed by atoms with Crippen molar-refractivity contribution in [3.8, 4) is 6.07 Å². The van der Waals surface area contributed by atoms with Crippen molar-refractivity contribution in [1.29, 1.82) is 5.26 Å². The molecule has 2 aromatic rings. The Bertz CT molecular complexity index is 1160. The van der Waals surface area contributed by atoms with Crippen molar-refractivity contribution in [2.45, 2.75) is 19.0 Å². The molecule has 0 aromatic heterocycles. The number of carbonyl (C=O) groups excluding carboxylic acids is 3. The fraction of sp³-hybridized carbons (Fsp3) is 0.250. The Morgan fingerprint density at radius 1 is 1.06 bits per heavy atom. The number of esters is 1. The number of hydrogen-bond acceptors (Lipinski definition) is 6. The van der Waals surface area contributed by atoms with Crippen LogP contribution in [0.2, 0.25) is 0 Å². The van der Waals surface area contributed by atoms with Gasteiger partial charge in [-0.2, -0.15) is 5.26 Å². The minimum absolute atomic E-state index is 0.260. The van der Waals surface area contributed by atoms with Gasteiger partial charge in [-0.05, 0) is 48.4 Å². The lowest BCUT2D eigenvalue weighted by Crippen LogP contribution is -2.40. The van der Waals surface area contributed by atoms with Gasteiger partial charge < -0.3 is 9.64 Å². The van der Waals surface area contributed by atoms with Crippen LogP contribution < -0.4 is 4.90 Å². The number of fused-ring (bicyclic) bond motifs is 5. The molecule has 3 aliphatic rings. The van der Waals surface area contributed by atoms with Gasteiger partial charge in [-0.1, -0.05) is 24.3 Å². The van der Waals surface area contributed by atoms with E-state index in [0.29, 0.717) is 11.3 Å². The van der Waals surface area contributed by atoms with Crippen molar-refractivity contribution >= 4 is 29.5 Å². The summed E-state index contributed by atoms with van der Waals surface area (Å²) in [7, 11) is 0. The number of ether oxygens (including phenoxy) is 1. The molecule has 2 aromatic carbocycles. The highest BCUT2D eigenvalue weighted by atomic mass is 16.5. The fourth-order valence-corrected chi connectivity index (χ4v) is 4.92. The third-order valence-electron chi connectivity index (χ3n) is 6.23. The topological polar surface area (TPSA) is 90.7 Å². The molecule has 31 heavy (non-hydrogen) atoms. The normalized spacial score (nSPS) is 25.7. The van der Waals surface area contributed by atoms with Gasteiger partial charge in [0.15, 0.2) is 0 Å². The van der Waals surface area contributed by atoms with Gasteiger partial charge in [0.05, 0.1) is 41.8 Å². The molecule has 2 fully saturated rings. The molecule has 0 bridgehead atoms. The summed E-state index contributed by atoms with van der Waals surface area (Å²) in [6.07, 6.45) is 3.73. The van der Waals surface area contributed by atoms with Gasteiger partial charge in [0, 0.05) is 6.20 Å². The van der Waals surface area contributed by atoms with Gasteiger partial charge in [-0.25, -0.2) is 9.69 Å². The SMILES string of the molecule is CCOC(=O)c1ccc(N2C(=O)[C@@H]3[C@H](C2=O)[C@@H]2c4ccccc4C=CN2[C@H]3C#N)cc1. The molecule has 4 atom stereocenters. The van der Waals surface area contributed by atoms with Gasteiger partial charge in [0.25, 0.3) is 0 Å². The number of nitriles is 1. The molecule has 154 valence electrons. The number of hydrogen-bond donors (Lipinski definition) is 0. The lowest BCUT2D eigenvalue weighted by atomic mass is 9.85. The molecule has 3 aliphatic heterocycles. The average Bonchev–Trinajstić information content (AvgIpc) is 3.26. The Hall–Kier alpha value is -3.92. The molecule has 0 saturated carbocycles. The monoisotopic (exact) mass is 413 g/mol.